The summed E-state index contributed by atoms with van der Waals surface area (Å²) in [4.78, 5) is 86.8. The molecule has 0 aliphatic carbocycles. The minimum Gasteiger partial charge on any atom is -0.368 e. The summed E-state index contributed by atoms with van der Waals surface area (Å²) in [5, 5.41) is 16.7. The van der Waals surface area contributed by atoms with Gasteiger partial charge in [0.25, 0.3) is 0 Å². The first-order valence-corrected chi connectivity index (χ1v) is 15.7. The number of nitrogens with one attached hydrogen (secondary N) is 6. The third-order valence-corrected chi connectivity index (χ3v) is 8.55. The van der Waals surface area contributed by atoms with Crippen LogP contribution in [0.5, 0.6) is 0 Å². The summed E-state index contributed by atoms with van der Waals surface area (Å²) in [6, 6.07) is 10.0. The quantitative estimate of drug-likeness (QED) is 0.187. The third kappa shape index (κ3) is 11.1. The molecule has 230 valence electrons. The molecule has 0 spiro atoms. The Morgan fingerprint density at radius 2 is 1.44 bits per heavy atom. The highest BCUT2D eigenvalue weighted by Gasteiger charge is 2.25. The largest absolute Gasteiger partial charge is 0.368 e. The van der Waals surface area contributed by atoms with Gasteiger partial charge in [-0.05, 0) is 16.3 Å². The predicted octanol–water partition coefficient (Wildman–Crippen LogP) is -1.91. The maximum Gasteiger partial charge on any atom is 0.243 e. The van der Waals surface area contributed by atoms with Crippen LogP contribution in [-0.4, -0.2) is 90.6 Å². The summed E-state index contributed by atoms with van der Waals surface area (Å²) in [5.41, 5.74) is 6.12. The van der Waals surface area contributed by atoms with Gasteiger partial charge in [-0.1, -0.05) is 64.1 Å². The van der Waals surface area contributed by atoms with Crippen LogP contribution in [0, 0.1) is 0 Å². The van der Waals surface area contributed by atoms with Crippen LogP contribution in [0.15, 0.2) is 42.5 Å². The number of amides is 7. The minimum absolute atomic E-state index is 0.0468. The zero-order valence-corrected chi connectivity index (χ0v) is 24.9. The molecule has 0 aromatic heterocycles. The smallest absolute Gasteiger partial charge is 0.243 e. The Labute approximate surface area is 255 Å². The van der Waals surface area contributed by atoms with E-state index in [9.17, 15) is 33.6 Å². The molecule has 3 rings (SSSR count). The van der Waals surface area contributed by atoms with Gasteiger partial charge in [0.05, 0.1) is 19.6 Å². The van der Waals surface area contributed by atoms with Gasteiger partial charge in [-0.15, -0.1) is 0 Å². The molecule has 1 saturated heterocycles. The molecule has 8 N–H and O–H groups in total. The van der Waals surface area contributed by atoms with Gasteiger partial charge in [0.15, 0.2) is 0 Å². The Hall–Kier alpha value is -4.31. The number of fused-ring (bicyclic) bond motifs is 1. The van der Waals surface area contributed by atoms with Crippen LogP contribution in [-0.2, 0) is 40.0 Å². The van der Waals surface area contributed by atoms with Gasteiger partial charge in [0.1, 0.15) is 18.1 Å². The second-order valence-electron chi connectivity index (χ2n) is 9.56. The topological polar surface area (TPSA) is 218 Å². The molecule has 2 aromatic rings. The number of primary amides is 1. The molecule has 3 unspecified atom stereocenters. The molecule has 16 heteroatoms. The normalized spacial score (nSPS) is 21.8. The molecule has 0 saturated carbocycles. The van der Waals surface area contributed by atoms with Crippen LogP contribution in [0.25, 0.3) is 10.8 Å². The van der Waals surface area contributed by atoms with Gasteiger partial charge in [-0.2, -0.15) is 0 Å². The van der Waals surface area contributed by atoms with E-state index < -0.39 is 79.1 Å². The van der Waals surface area contributed by atoms with Crippen LogP contribution >= 0.6 is 21.6 Å². The molecule has 0 bridgehead atoms. The monoisotopic (exact) mass is 631 g/mol. The van der Waals surface area contributed by atoms with Gasteiger partial charge < -0.3 is 37.6 Å². The van der Waals surface area contributed by atoms with E-state index in [2.05, 4.69) is 31.9 Å². The number of rotatable bonds is 4. The number of hydrogen-bond donors (Lipinski definition) is 7. The highest BCUT2D eigenvalue weighted by atomic mass is 33.1. The lowest BCUT2D eigenvalue weighted by Gasteiger charge is -2.21. The molecule has 14 nitrogen and oxygen atoms in total. The zero-order chi connectivity index (χ0) is 31.4. The zero-order valence-electron chi connectivity index (χ0n) is 23.3. The van der Waals surface area contributed by atoms with Crippen molar-refractivity contribution in [2.24, 2.45) is 5.73 Å². The summed E-state index contributed by atoms with van der Waals surface area (Å²) < 4.78 is 0. The first-order valence-electron chi connectivity index (χ1n) is 13.2. The Morgan fingerprint density at radius 3 is 2.16 bits per heavy atom. The number of carbonyl (C=O) groups is 7. The third-order valence-electron chi connectivity index (χ3n) is 6.12. The van der Waals surface area contributed by atoms with E-state index in [1.165, 1.54) is 6.92 Å². The van der Waals surface area contributed by atoms with Crippen LogP contribution in [0.3, 0.4) is 0 Å². The van der Waals surface area contributed by atoms with Gasteiger partial charge in [-0.25, -0.2) is 0 Å². The van der Waals surface area contributed by atoms with Crippen molar-refractivity contribution in [2.75, 3.05) is 31.1 Å². The summed E-state index contributed by atoms with van der Waals surface area (Å²) in [6.07, 6.45) is 0.0806. The fourth-order valence-electron chi connectivity index (χ4n) is 3.98. The lowest BCUT2D eigenvalue weighted by Crippen LogP contribution is -2.54. The van der Waals surface area contributed by atoms with Crippen LogP contribution < -0.4 is 37.6 Å². The fourth-order valence-corrected chi connectivity index (χ4v) is 6.32. The van der Waals surface area contributed by atoms with E-state index in [4.69, 9.17) is 5.73 Å². The minimum atomic E-state index is -1.11. The number of hydrogen-bond acceptors (Lipinski definition) is 9. The summed E-state index contributed by atoms with van der Waals surface area (Å²) in [5.74, 6) is -4.49. The van der Waals surface area contributed by atoms with Crippen molar-refractivity contribution in [3.05, 3.63) is 48.0 Å². The van der Waals surface area contributed by atoms with E-state index in [1.807, 2.05) is 42.5 Å². The molecular formula is C27H33N7O7S2. The molecule has 7 amide bonds. The lowest BCUT2D eigenvalue weighted by atomic mass is 10.0. The maximum absolute atomic E-state index is 13.1. The van der Waals surface area contributed by atoms with Crippen LogP contribution in [0.1, 0.15) is 12.5 Å². The van der Waals surface area contributed by atoms with Crippen molar-refractivity contribution in [2.45, 2.75) is 31.5 Å². The van der Waals surface area contributed by atoms with Crippen molar-refractivity contribution in [1.82, 2.24) is 31.9 Å². The summed E-state index contributed by atoms with van der Waals surface area (Å²) >= 11 is 0. The van der Waals surface area contributed by atoms with E-state index in [0.717, 1.165) is 37.9 Å². The molecule has 43 heavy (non-hydrogen) atoms. The molecule has 0 radical (unpaired) electrons. The highest BCUT2D eigenvalue weighted by molar-refractivity contribution is 8.76. The Balaban J connectivity index is 1.78. The predicted molar refractivity (Wildman–Crippen MR) is 162 cm³/mol. The number of nitrogens with two attached hydrogens (primary N) is 1. The van der Waals surface area contributed by atoms with Crippen molar-refractivity contribution >= 4 is 73.7 Å². The Bertz CT molecular complexity index is 1390. The first kappa shape index (κ1) is 33.2. The second kappa shape index (κ2) is 16.4. The van der Waals surface area contributed by atoms with Crippen molar-refractivity contribution in [3.63, 3.8) is 0 Å². The molecule has 1 fully saturated rings. The highest BCUT2D eigenvalue weighted by Crippen LogP contribution is 2.23. The second-order valence-corrected chi connectivity index (χ2v) is 12.1. The number of carbonyl (C=O) groups excluding carboxylic acids is 7. The summed E-state index contributed by atoms with van der Waals surface area (Å²) in [7, 11) is 2.27. The Kier molecular flexibility index (Phi) is 12.6. The van der Waals surface area contributed by atoms with Gasteiger partial charge in [0.2, 0.25) is 41.4 Å². The molecule has 1 aliphatic rings. The van der Waals surface area contributed by atoms with E-state index >= 15 is 0 Å². The average molecular weight is 632 g/mol. The van der Waals surface area contributed by atoms with Crippen molar-refractivity contribution in [1.29, 1.82) is 0 Å². The molecule has 2 aromatic carbocycles. The van der Waals surface area contributed by atoms with E-state index in [1.54, 1.807) is 0 Å². The van der Waals surface area contributed by atoms with Crippen molar-refractivity contribution in [3.8, 4) is 0 Å². The van der Waals surface area contributed by atoms with E-state index in [0.29, 0.717) is 0 Å². The lowest BCUT2D eigenvalue weighted by molar-refractivity contribution is -0.131. The van der Waals surface area contributed by atoms with Crippen LogP contribution in [0.4, 0.5) is 0 Å². The average Bonchev–Trinajstić information content (AvgIpc) is 2.97. The van der Waals surface area contributed by atoms with Crippen molar-refractivity contribution < 1.29 is 33.6 Å². The standard InChI is InChI=1S/C27H33N7O7S2/c1-15(35)32-21-14-43-42-13-20(25(28)39)34-23(37)11-29-22(36)10-30-26(40)19(33-24(38)12-31-27(21)41)9-16-6-7-17-4-2-3-5-18(17)8-16/h2-8,19-21H,9-14H2,1H3,(H2,28,39)(H,29,36)(H,30,40)(H,31,41)(H,32,35)(H,33,38)(H,34,37). The van der Waals surface area contributed by atoms with E-state index in [-0.39, 0.29) is 17.9 Å². The van der Waals surface area contributed by atoms with Crippen LogP contribution in [0.2, 0.25) is 0 Å². The molecule has 1 aliphatic heterocycles. The Morgan fingerprint density at radius 1 is 0.814 bits per heavy atom. The maximum atomic E-state index is 13.1. The van der Waals surface area contributed by atoms with Gasteiger partial charge >= 0.3 is 0 Å². The molecule has 1 heterocycles. The summed E-state index contributed by atoms with van der Waals surface area (Å²) in [6.45, 7) is -0.206. The number of benzene rings is 2. The van der Waals surface area contributed by atoms with Gasteiger partial charge in [-0.3, -0.25) is 33.6 Å². The SMILES string of the molecule is CC(=O)NC1CSSCC(C(N)=O)NC(=O)CNC(=O)CNC(=O)C(Cc2ccc3ccccc3c2)NC(=O)CNC1=O. The molecule has 3 atom stereocenters. The molecular weight excluding hydrogens is 598 g/mol. The van der Waals surface area contributed by atoms with Gasteiger partial charge in [0, 0.05) is 24.9 Å². The fraction of sp³-hybridized carbons (Fsp3) is 0.370. The first-order chi connectivity index (χ1) is 20.5.